The first kappa shape index (κ1) is 16.7. The van der Waals surface area contributed by atoms with Gasteiger partial charge >= 0.3 is 0 Å². The summed E-state index contributed by atoms with van der Waals surface area (Å²) in [7, 11) is -4.11. The van der Waals surface area contributed by atoms with Gasteiger partial charge in [-0.05, 0) is 26.0 Å². The zero-order chi connectivity index (χ0) is 15.7. The molecule has 1 aromatic rings. The Labute approximate surface area is 121 Å². The topological polar surface area (TPSA) is 106 Å². The van der Waals surface area contributed by atoms with E-state index in [1.807, 2.05) is 0 Å². The van der Waals surface area contributed by atoms with Crippen molar-refractivity contribution >= 4 is 33.2 Å². The lowest BCUT2D eigenvalue weighted by molar-refractivity contribution is -0.118. The number of hydrogen-bond acceptors (Lipinski definition) is 4. The van der Waals surface area contributed by atoms with Gasteiger partial charge in [0.2, 0.25) is 15.9 Å². The number of benzene rings is 1. The van der Waals surface area contributed by atoms with Gasteiger partial charge in [0.15, 0.2) is 0 Å². The van der Waals surface area contributed by atoms with Crippen LogP contribution >= 0.6 is 11.6 Å². The Kier molecular flexibility index (Phi) is 4.95. The van der Waals surface area contributed by atoms with Crippen molar-refractivity contribution in [2.75, 3.05) is 12.3 Å². The monoisotopic (exact) mass is 323 g/mol. The van der Waals surface area contributed by atoms with Crippen LogP contribution in [-0.2, 0) is 14.8 Å². The van der Waals surface area contributed by atoms with Gasteiger partial charge in [-0.25, -0.2) is 12.8 Å². The van der Waals surface area contributed by atoms with Crippen molar-refractivity contribution in [3.05, 3.63) is 23.0 Å². The summed E-state index contributed by atoms with van der Waals surface area (Å²) in [5.41, 5.74) is 10.0. The van der Waals surface area contributed by atoms with Gasteiger partial charge in [-0.1, -0.05) is 11.6 Å². The molecule has 0 fully saturated rings. The summed E-state index contributed by atoms with van der Waals surface area (Å²) >= 11 is 5.75. The summed E-state index contributed by atoms with van der Waals surface area (Å²) in [6, 6.07) is 1.20. The molecule has 0 bridgehead atoms. The molecule has 0 saturated carbocycles. The maximum absolute atomic E-state index is 13.2. The van der Waals surface area contributed by atoms with Crippen molar-refractivity contribution in [3.8, 4) is 0 Å². The number of nitrogens with zero attached hydrogens (tertiary/aromatic N) is 1. The highest BCUT2D eigenvalue weighted by atomic mass is 35.5. The third kappa shape index (κ3) is 3.38. The number of nitrogen functional groups attached to an aromatic ring is 1. The van der Waals surface area contributed by atoms with E-state index in [0.717, 1.165) is 16.4 Å². The molecule has 0 saturated heterocycles. The molecule has 6 nitrogen and oxygen atoms in total. The molecule has 1 aromatic carbocycles. The van der Waals surface area contributed by atoms with E-state index in [1.54, 1.807) is 13.8 Å². The lowest BCUT2D eigenvalue weighted by atomic mass is 10.3. The maximum atomic E-state index is 13.2. The molecule has 0 radical (unpaired) electrons. The predicted octanol–water partition coefficient (Wildman–Crippen LogP) is 0.946. The predicted molar refractivity (Wildman–Crippen MR) is 74.0 cm³/mol. The number of sulfonamides is 1. The number of primary amides is 1. The third-order valence-corrected chi connectivity index (χ3v) is 5.01. The minimum absolute atomic E-state index is 0.313. The molecule has 112 valence electrons. The second-order valence-corrected chi connectivity index (χ2v) is 6.68. The van der Waals surface area contributed by atoms with Gasteiger partial charge in [0.25, 0.3) is 0 Å². The summed E-state index contributed by atoms with van der Waals surface area (Å²) in [5.74, 6) is -1.63. The largest absolute Gasteiger partial charge is 0.396 e. The number of rotatable bonds is 5. The number of nitrogens with two attached hydrogens (primary N) is 2. The molecule has 1 rings (SSSR count). The van der Waals surface area contributed by atoms with Crippen molar-refractivity contribution in [3.63, 3.8) is 0 Å². The smallest absolute Gasteiger partial charge is 0.245 e. The van der Waals surface area contributed by atoms with Crippen molar-refractivity contribution < 1.29 is 17.6 Å². The molecule has 0 heterocycles. The summed E-state index contributed by atoms with van der Waals surface area (Å²) in [6.07, 6.45) is 0. The molecule has 0 aliphatic rings. The highest BCUT2D eigenvalue weighted by Gasteiger charge is 2.31. The standard InChI is InChI=1S/C11H15ClFN3O3S/c1-6(2)16(5-11(15)17)20(18,19)10-4-9(14)8(13)3-7(10)12/h3-4,6H,5,14H2,1-2H3,(H2,15,17). The molecule has 0 aliphatic heterocycles. The SMILES string of the molecule is CC(C)N(CC(N)=O)S(=O)(=O)c1cc(N)c(F)cc1Cl. The quantitative estimate of drug-likeness (QED) is 0.786. The van der Waals surface area contributed by atoms with E-state index in [9.17, 15) is 17.6 Å². The molecule has 0 spiro atoms. The zero-order valence-electron chi connectivity index (χ0n) is 10.9. The number of carbonyl (C=O) groups excluding carboxylic acids is 1. The minimum atomic E-state index is -4.11. The Hall–Kier alpha value is -1.38. The van der Waals surface area contributed by atoms with Gasteiger partial charge in [0, 0.05) is 6.04 Å². The van der Waals surface area contributed by atoms with E-state index < -0.39 is 34.3 Å². The van der Waals surface area contributed by atoms with E-state index in [1.165, 1.54) is 0 Å². The fraction of sp³-hybridized carbons (Fsp3) is 0.364. The van der Waals surface area contributed by atoms with Crippen molar-refractivity contribution in [2.24, 2.45) is 5.73 Å². The van der Waals surface area contributed by atoms with Gasteiger partial charge in [-0.3, -0.25) is 4.79 Å². The van der Waals surface area contributed by atoms with Gasteiger partial charge in [-0.2, -0.15) is 4.31 Å². The van der Waals surface area contributed by atoms with Crippen LogP contribution < -0.4 is 11.5 Å². The lowest BCUT2D eigenvalue weighted by Gasteiger charge is -2.25. The normalized spacial score (nSPS) is 12.1. The van der Waals surface area contributed by atoms with E-state index in [4.69, 9.17) is 23.1 Å². The van der Waals surface area contributed by atoms with Crippen LogP contribution in [0, 0.1) is 5.82 Å². The van der Waals surface area contributed by atoms with Crippen molar-refractivity contribution in [1.29, 1.82) is 0 Å². The highest BCUT2D eigenvalue weighted by molar-refractivity contribution is 7.89. The number of amides is 1. The zero-order valence-corrected chi connectivity index (χ0v) is 12.5. The highest BCUT2D eigenvalue weighted by Crippen LogP contribution is 2.29. The van der Waals surface area contributed by atoms with Gasteiger partial charge < -0.3 is 11.5 Å². The van der Waals surface area contributed by atoms with Crippen LogP contribution in [0.4, 0.5) is 10.1 Å². The van der Waals surface area contributed by atoms with E-state index in [2.05, 4.69) is 0 Å². The van der Waals surface area contributed by atoms with Gasteiger partial charge in [0.05, 0.1) is 17.3 Å². The second kappa shape index (κ2) is 5.94. The lowest BCUT2D eigenvalue weighted by Crippen LogP contribution is -2.42. The summed E-state index contributed by atoms with van der Waals surface area (Å²) in [4.78, 5) is 10.6. The number of carbonyl (C=O) groups is 1. The Balaban J connectivity index is 3.41. The average molecular weight is 324 g/mol. The molecule has 0 aromatic heterocycles. The molecule has 9 heteroatoms. The fourth-order valence-corrected chi connectivity index (χ4v) is 3.70. The molecule has 4 N–H and O–H groups in total. The molecule has 0 aliphatic carbocycles. The van der Waals surface area contributed by atoms with Gasteiger partial charge in [0.1, 0.15) is 10.7 Å². The van der Waals surface area contributed by atoms with Gasteiger partial charge in [-0.15, -0.1) is 0 Å². The average Bonchev–Trinajstić information content (AvgIpc) is 2.29. The summed E-state index contributed by atoms with van der Waals surface area (Å²) < 4.78 is 39.0. The van der Waals surface area contributed by atoms with E-state index >= 15 is 0 Å². The summed E-state index contributed by atoms with van der Waals surface area (Å²) in [6.45, 7) is 2.64. The molecule has 1 amide bonds. The van der Waals surface area contributed by atoms with Crippen molar-refractivity contribution in [1.82, 2.24) is 4.31 Å². The van der Waals surface area contributed by atoms with Crippen LogP contribution in [0.15, 0.2) is 17.0 Å². The first-order valence-electron chi connectivity index (χ1n) is 5.62. The Morgan fingerprint density at radius 3 is 2.45 bits per heavy atom. The Morgan fingerprint density at radius 1 is 1.45 bits per heavy atom. The molecule has 0 unspecified atom stereocenters. The molecular weight excluding hydrogens is 309 g/mol. The van der Waals surface area contributed by atoms with E-state index in [0.29, 0.717) is 0 Å². The molecular formula is C11H15ClFN3O3S. The third-order valence-electron chi connectivity index (χ3n) is 2.53. The van der Waals surface area contributed by atoms with Crippen LogP contribution in [0.1, 0.15) is 13.8 Å². The Bertz CT molecular complexity index is 634. The summed E-state index contributed by atoms with van der Waals surface area (Å²) in [5, 5.41) is -0.313. The first-order valence-corrected chi connectivity index (χ1v) is 7.43. The fourth-order valence-electron chi connectivity index (χ4n) is 1.57. The van der Waals surface area contributed by atoms with Crippen LogP contribution in [0.2, 0.25) is 5.02 Å². The molecule has 0 atom stereocenters. The molecule has 20 heavy (non-hydrogen) atoms. The van der Waals surface area contributed by atoms with Crippen LogP contribution in [0.25, 0.3) is 0 Å². The maximum Gasteiger partial charge on any atom is 0.245 e. The first-order chi connectivity index (χ1) is 9.07. The van der Waals surface area contributed by atoms with E-state index in [-0.39, 0.29) is 15.6 Å². The number of halogens is 2. The van der Waals surface area contributed by atoms with Crippen molar-refractivity contribution in [2.45, 2.75) is 24.8 Å². The van der Waals surface area contributed by atoms with Crippen LogP contribution in [-0.4, -0.2) is 31.2 Å². The number of anilines is 1. The second-order valence-electron chi connectivity index (χ2n) is 4.41. The minimum Gasteiger partial charge on any atom is -0.396 e. The van der Waals surface area contributed by atoms with Crippen LogP contribution in [0.3, 0.4) is 0 Å². The Morgan fingerprint density at radius 2 is 2.00 bits per heavy atom. The number of hydrogen-bond donors (Lipinski definition) is 2. The van der Waals surface area contributed by atoms with Crippen LogP contribution in [0.5, 0.6) is 0 Å².